The quantitative estimate of drug-likeness (QED) is 0.862. The molecule has 4 heteroatoms. The maximum absolute atomic E-state index is 5.80. The highest BCUT2D eigenvalue weighted by Crippen LogP contribution is 2.31. The normalized spacial score (nSPS) is 19.9. The highest BCUT2D eigenvalue weighted by atomic mass is 32.1. The number of hydrogen-bond donors (Lipinski definition) is 1. The Morgan fingerprint density at radius 2 is 2.19 bits per heavy atom. The second-order valence-corrected chi connectivity index (χ2v) is 5.47. The van der Waals surface area contributed by atoms with Gasteiger partial charge in [-0.3, -0.25) is 4.90 Å². The van der Waals surface area contributed by atoms with E-state index in [1.165, 1.54) is 9.71 Å². The summed E-state index contributed by atoms with van der Waals surface area (Å²) < 4.78 is 1.27. The van der Waals surface area contributed by atoms with Crippen LogP contribution in [0.15, 0.2) is 24.3 Å². The van der Waals surface area contributed by atoms with Crippen LogP contribution in [0.4, 0.5) is 0 Å². The minimum absolute atomic E-state index is 0.358. The van der Waals surface area contributed by atoms with E-state index in [-0.39, 0.29) is 0 Å². The lowest BCUT2D eigenvalue weighted by molar-refractivity contribution is 0.103. The number of thiazole rings is 1. The summed E-state index contributed by atoms with van der Waals surface area (Å²) in [6.45, 7) is 4.21. The van der Waals surface area contributed by atoms with E-state index in [4.69, 9.17) is 5.73 Å². The van der Waals surface area contributed by atoms with Crippen molar-refractivity contribution in [1.82, 2.24) is 9.88 Å². The van der Waals surface area contributed by atoms with Gasteiger partial charge in [0.15, 0.2) is 0 Å². The summed E-state index contributed by atoms with van der Waals surface area (Å²) in [4.78, 5) is 7.05. The van der Waals surface area contributed by atoms with E-state index in [1.807, 2.05) is 6.07 Å². The standard InChI is InChI=1S/C12H15N3S/c1-8(15-6-9(13)7-15)12-14-10-4-2-3-5-11(10)16-12/h2-5,8-9H,6-7,13H2,1H3. The average Bonchev–Trinajstić information content (AvgIpc) is 2.67. The predicted molar refractivity (Wildman–Crippen MR) is 67.6 cm³/mol. The minimum atomic E-state index is 0.358. The lowest BCUT2D eigenvalue weighted by Gasteiger charge is -2.40. The summed E-state index contributed by atoms with van der Waals surface area (Å²) in [6.07, 6.45) is 0. The number of nitrogens with two attached hydrogens (primary N) is 1. The zero-order valence-electron chi connectivity index (χ0n) is 9.26. The van der Waals surface area contributed by atoms with E-state index >= 15 is 0 Å². The topological polar surface area (TPSA) is 42.2 Å². The van der Waals surface area contributed by atoms with Gasteiger partial charge in [0.25, 0.3) is 0 Å². The highest BCUT2D eigenvalue weighted by Gasteiger charge is 2.29. The van der Waals surface area contributed by atoms with Gasteiger partial charge in [0, 0.05) is 19.1 Å². The molecule has 3 nitrogen and oxygen atoms in total. The van der Waals surface area contributed by atoms with E-state index in [1.54, 1.807) is 11.3 Å². The van der Waals surface area contributed by atoms with Crippen molar-refractivity contribution in [3.8, 4) is 0 Å². The van der Waals surface area contributed by atoms with Gasteiger partial charge in [-0.15, -0.1) is 11.3 Å². The van der Waals surface area contributed by atoms with Crippen LogP contribution in [-0.4, -0.2) is 29.0 Å². The molecule has 1 aromatic heterocycles. The third-order valence-electron chi connectivity index (χ3n) is 3.15. The number of rotatable bonds is 2. The Labute approximate surface area is 98.9 Å². The molecule has 3 rings (SSSR count). The first-order chi connectivity index (χ1) is 7.74. The van der Waals surface area contributed by atoms with Gasteiger partial charge in [0.2, 0.25) is 0 Å². The van der Waals surface area contributed by atoms with Crippen molar-refractivity contribution in [1.29, 1.82) is 0 Å². The fraction of sp³-hybridized carbons (Fsp3) is 0.417. The fourth-order valence-corrected chi connectivity index (χ4v) is 3.14. The van der Waals surface area contributed by atoms with Crippen molar-refractivity contribution >= 4 is 21.6 Å². The van der Waals surface area contributed by atoms with Crippen molar-refractivity contribution in [3.05, 3.63) is 29.3 Å². The van der Waals surface area contributed by atoms with E-state index in [0.717, 1.165) is 18.6 Å². The van der Waals surface area contributed by atoms with Crippen LogP contribution in [0.2, 0.25) is 0 Å². The fourth-order valence-electron chi connectivity index (χ4n) is 2.09. The molecule has 0 aliphatic carbocycles. The third kappa shape index (κ3) is 1.63. The Bertz CT molecular complexity index is 469. The number of benzene rings is 1. The highest BCUT2D eigenvalue weighted by molar-refractivity contribution is 7.18. The molecule has 0 saturated carbocycles. The number of para-hydroxylation sites is 1. The van der Waals surface area contributed by atoms with Crippen LogP contribution >= 0.6 is 11.3 Å². The van der Waals surface area contributed by atoms with Crippen LogP contribution in [0.25, 0.3) is 10.2 Å². The van der Waals surface area contributed by atoms with Gasteiger partial charge in [-0.2, -0.15) is 0 Å². The molecule has 1 aliphatic heterocycles. The number of hydrogen-bond acceptors (Lipinski definition) is 4. The number of fused-ring (bicyclic) bond motifs is 1. The van der Waals surface area contributed by atoms with Crippen molar-refractivity contribution < 1.29 is 0 Å². The first-order valence-electron chi connectivity index (χ1n) is 5.59. The molecule has 84 valence electrons. The average molecular weight is 233 g/mol. The molecular formula is C12H15N3S. The molecule has 0 radical (unpaired) electrons. The van der Waals surface area contributed by atoms with Gasteiger partial charge in [-0.25, -0.2) is 4.98 Å². The first-order valence-corrected chi connectivity index (χ1v) is 6.41. The molecule has 2 aromatic rings. The van der Waals surface area contributed by atoms with E-state index < -0.39 is 0 Å². The maximum atomic E-state index is 5.80. The predicted octanol–water partition coefficient (Wildman–Crippen LogP) is 2.00. The van der Waals surface area contributed by atoms with Gasteiger partial charge in [-0.1, -0.05) is 12.1 Å². The van der Waals surface area contributed by atoms with Gasteiger partial charge in [0.05, 0.1) is 16.3 Å². The Balaban J connectivity index is 1.88. The summed E-state index contributed by atoms with van der Waals surface area (Å²) >= 11 is 1.79. The monoisotopic (exact) mass is 233 g/mol. The second kappa shape index (κ2) is 3.80. The lowest BCUT2D eigenvalue weighted by atomic mass is 10.1. The van der Waals surface area contributed by atoms with Gasteiger partial charge >= 0.3 is 0 Å². The van der Waals surface area contributed by atoms with Gasteiger partial charge < -0.3 is 5.73 Å². The number of aromatic nitrogens is 1. The van der Waals surface area contributed by atoms with Crippen LogP contribution in [-0.2, 0) is 0 Å². The molecule has 0 bridgehead atoms. The molecule has 0 amide bonds. The van der Waals surface area contributed by atoms with Crippen LogP contribution in [0, 0.1) is 0 Å². The Kier molecular flexibility index (Phi) is 2.42. The second-order valence-electron chi connectivity index (χ2n) is 4.41. The van der Waals surface area contributed by atoms with Crippen molar-refractivity contribution in [2.24, 2.45) is 5.73 Å². The van der Waals surface area contributed by atoms with E-state index in [2.05, 4.69) is 35.0 Å². The smallest absolute Gasteiger partial charge is 0.111 e. The molecule has 2 N–H and O–H groups in total. The molecule has 1 aliphatic rings. The summed E-state index contributed by atoms with van der Waals surface area (Å²) in [7, 11) is 0. The molecule has 16 heavy (non-hydrogen) atoms. The zero-order valence-corrected chi connectivity index (χ0v) is 10.1. The number of nitrogens with zero attached hydrogens (tertiary/aromatic N) is 2. The molecular weight excluding hydrogens is 218 g/mol. The van der Waals surface area contributed by atoms with Crippen molar-refractivity contribution in [3.63, 3.8) is 0 Å². The largest absolute Gasteiger partial charge is 0.325 e. The third-order valence-corrected chi connectivity index (χ3v) is 4.36. The van der Waals surface area contributed by atoms with E-state index in [0.29, 0.717) is 12.1 Å². The SMILES string of the molecule is CC(c1nc2ccccc2s1)N1CC(N)C1. The maximum Gasteiger partial charge on any atom is 0.111 e. The van der Waals surface area contributed by atoms with E-state index in [9.17, 15) is 0 Å². The molecule has 1 fully saturated rings. The summed E-state index contributed by atoms with van der Waals surface area (Å²) in [5.41, 5.74) is 6.91. The minimum Gasteiger partial charge on any atom is -0.325 e. The molecule has 1 unspecified atom stereocenters. The van der Waals surface area contributed by atoms with Crippen molar-refractivity contribution in [2.75, 3.05) is 13.1 Å². The summed E-state index contributed by atoms with van der Waals surface area (Å²) in [5, 5.41) is 1.20. The molecule has 0 spiro atoms. The molecule has 1 atom stereocenters. The van der Waals surface area contributed by atoms with Crippen LogP contribution < -0.4 is 5.73 Å². The Morgan fingerprint density at radius 1 is 1.44 bits per heavy atom. The Hall–Kier alpha value is -0.970. The van der Waals surface area contributed by atoms with Gasteiger partial charge in [-0.05, 0) is 19.1 Å². The molecule has 2 heterocycles. The molecule has 1 saturated heterocycles. The first kappa shape index (κ1) is 10.2. The van der Waals surface area contributed by atoms with Crippen LogP contribution in [0.3, 0.4) is 0 Å². The van der Waals surface area contributed by atoms with Crippen molar-refractivity contribution in [2.45, 2.75) is 19.0 Å². The lowest BCUT2D eigenvalue weighted by Crippen LogP contribution is -2.56. The summed E-state index contributed by atoms with van der Waals surface area (Å²) in [5.74, 6) is 0. The molecule has 1 aromatic carbocycles. The zero-order chi connectivity index (χ0) is 11.1. The summed E-state index contributed by atoms with van der Waals surface area (Å²) in [6, 6.07) is 9.06. The van der Waals surface area contributed by atoms with Gasteiger partial charge in [0.1, 0.15) is 5.01 Å². The van der Waals surface area contributed by atoms with Crippen LogP contribution in [0.5, 0.6) is 0 Å². The Morgan fingerprint density at radius 3 is 2.88 bits per heavy atom. The number of likely N-dealkylation sites (tertiary alicyclic amines) is 1. The van der Waals surface area contributed by atoms with Crippen LogP contribution in [0.1, 0.15) is 18.0 Å².